The summed E-state index contributed by atoms with van der Waals surface area (Å²) in [5.74, 6) is -0.900. The molecular formula is C15H27NO4S. The molecular weight excluding hydrogens is 290 g/mol. The van der Waals surface area contributed by atoms with E-state index in [0.717, 1.165) is 25.7 Å². The monoisotopic (exact) mass is 317 g/mol. The van der Waals surface area contributed by atoms with Crippen LogP contribution in [0.1, 0.15) is 58.3 Å². The maximum Gasteiger partial charge on any atom is 0.310 e. The lowest BCUT2D eigenvalue weighted by atomic mass is 9.84. The standard InChI is InChI=1S/C15H27NO4S/c1-3-15(9-4-5-10-15)11-16-21(18,19)13-8-6-7-12(13)14(17)20-2/h12-13,16H,3-11H2,1-2H3. The highest BCUT2D eigenvalue weighted by molar-refractivity contribution is 7.90. The van der Waals surface area contributed by atoms with Crippen molar-refractivity contribution in [3.63, 3.8) is 0 Å². The largest absolute Gasteiger partial charge is 0.469 e. The Morgan fingerprint density at radius 1 is 1.24 bits per heavy atom. The minimum atomic E-state index is -3.45. The molecule has 0 saturated heterocycles. The Morgan fingerprint density at radius 3 is 2.48 bits per heavy atom. The molecule has 1 N–H and O–H groups in total. The van der Waals surface area contributed by atoms with Gasteiger partial charge in [0, 0.05) is 6.54 Å². The van der Waals surface area contributed by atoms with E-state index in [9.17, 15) is 13.2 Å². The molecule has 21 heavy (non-hydrogen) atoms. The number of nitrogens with one attached hydrogen (secondary N) is 1. The molecule has 0 aromatic rings. The molecule has 5 nitrogen and oxygen atoms in total. The molecule has 2 saturated carbocycles. The highest BCUT2D eigenvalue weighted by atomic mass is 32.2. The van der Waals surface area contributed by atoms with Crippen LogP contribution in [0, 0.1) is 11.3 Å². The first-order chi connectivity index (χ1) is 9.94. The van der Waals surface area contributed by atoms with Crippen LogP contribution >= 0.6 is 0 Å². The van der Waals surface area contributed by atoms with Gasteiger partial charge in [0.05, 0.1) is 18.3 Å². The van der Waals surface area contributed by atoms with Crippen LogP contribution in [0.4, 0.5) is 0 Å². The van der Waals surface area contributed by atoms with Crippen LogP contribution < -0.4 is 4.72 Å². The summed E-state index contributed by atoms with van der Waals surface area (Å²) < 4.78 is 32.7. The Hall–Kier alpha value is -0.620. The second-order valence-electron chi connectivity index (χ2n) is 6.53. The molecule has 2 fully saturated rings. The van der Waals surface area contributed by atoms with Gasteiger partial charge in [-0.25, -0.2) is 13.1 Å². The third-order valence-corrected chi connectivity index (χ3v) is 7.33. The number of hydrogen-bond acceptors (Lipinski definition) is 4. The van der Waals surface area contributed by atoms with Gasteiger partial charge in [-0.1, -0.05) is 26.2 Å². The van der Waals surface area contributed by atoms with Gasteiger partial charge in [0.15, 0.2) is 0 Å². The van der Waals surface area contributed by atoms with Crippen LogP contribution in [0.5, 0.6) is 0 Å². The molecule has 0 heterocycles. The van der Waals surface area contributed by atoms with Crippen molar-refractivity contribution in [1.29, 1.82) is 0 Å². The fourth-order valence-corrected chi connectivity index (χ4v) is 5.74. The first-order valence-corrected chi connectivity index (χ1v) is 9.55. The molecule has 2 aliphatic rings. The average molecular weight is 317 g/mol. The topological polar surface area (TPSA) is 72.5 Å². The van der Waals surface area contributed by atoms with E-state index in [2.05, 4.69) is 11.6 Å². The van der Waals surface area contributed by atoms with Gasteiger partial charge in [-0.2, -0.15) is 0 Å². The van der Waals surface area contributed by atoms with Crippen LogP contribution in [-0.4, -0.2) is 33.3 Å². The molecule has 2 unspecified atom stereocenters. The van der Waals surface area contributed by atoms with Gasteiger partial charge in [0.2, 0.25) is 10.0 Å². The number of hydrogen-bond donors (Lipinski definition) is 1. The number of carbonyl (C=O) groups is 1. The van der Waals surface area contributed by atoms with Crippen LogP contribution in [-0.2, 0) is 19.6 Å². The van der Waals surface area contributed by atoms with Crippen molar-refractivity contribution in [1.82, 2.24) is 4.72 Å². The number of carbonyl (C=O) groups excluding carboxylic acids is 1. The predicted molar refractivity (Wildman–Crippen MR) is 81.3 cm³/mol. The molecule has 0 aromatic carbocycles. The Bertz CT molecular complexity index is 468. The Kier molecular flexibility index (Phi) is 5.30. The summed E-state index contributed by atoms with van der Waals surface area (Å²) in [6.45, 7) is 2.64. The number of ether oxygens (including phenoxy) is 1. The van der Waals surface area contributed by atoms with Gasteiger partial charge in [-0.05, 0) is 37.5 Å². The Morgan fingerprint density at radius 2 is 1.90 bits per heavy atom. The van der Waals surface area contributed by atoms with Gasteiger partial charge in [-0.3, -0.25) is 4.79 Å². The molecule has 2 rings (SSSR count). The molecule has 2 aliphatic carbocycles. The summed E-state index contributed by atoms with van der Waals surface area (Å²) in [7, 11) is -2.13. The smallest absolute Gasteiger partial charge is 0.310 e. The maximum absolute atomic E-state index is 12.6. The number of sulfonamides is 1. The minimum absolute atomic E-state index is 0.117. The van der Waals surface area contributed by atoms with Crippen molar-refractivity contribution in [2.24, 2.45) is 11.3 Å². The highest BCUT2D eigenvalue weighted by Gasteiger charge is 2.43. The Labute approximate surface area is 127 Å². The fraction of sp³-hybridized carbons (Fsp3) is 0.933. The second-order valence-corrected chi connectivity index (χ2v) is 8.51. The Balaban J connectivity index is 2.02. The van der Waals surface area contributed by atoms with E-state index in [1.807, 2.05) is 0 Å². The average Bonchev–Trinajstić information content (AvgIpc) is 3.14. The summed E-state index contributed by atoms with van der Waals surface area (Å²) in [6.07, 6.45) is 7.48. The first kappa shape index (κ1) is 16.7. The summed E-state index contributed by atoms with van der Waals surface area (Å²) in [6, 6.07) is 0. The van der Waals surface area contributed by atoms with Gasteiger partial charge in [0.25, 0.3) is 0 Å². The molecule has 6 heteroatoms. The lowest BCUT2D eigenvalue weighted by molar-refractivity contribution is -0.145. The minimum Gasteiger partial charge on any atom is -0.469 e. The first-order valence-electron chi connectivity index (χ1n) is 8.00. The third-order valence-electron chi connectivity index (χ3n) is 5.42. The molecule has 0 amide bonds. The lowest BCUT2D eigenvalue weighted by Gasteiger charge is -2.29. The van der Waals surface area contributed by atoms with Gasteiger partial charge in [-0.15, -0.1) is 0 Å². The zero-order valence-corrected chi connectivity index (χ0v) is 13.9. The van der Waals surface area contributed by atoms with E-state index in [4.69, 9.17) is 4.74 Å². The van der Waals surface area contributed by atoms with Crippen molar-refractivity contribution >= 4 is 16.0 Å². The summed E-state index contributed by atoms with van der Waals surface area (Å²) in [5.41, 5.74) is 0.117. The molecule has 0 aromatic heterocycles. The van der Waals surface area contributed by atoms with Gasteiger partial charge >= 0.3 is 5.97 Å². The quantitative estimate of drug-likeness (QED) is 0.762. The van der Waals surface area contributed by atoms with Crippen LogP contribution in [0.3, 0.4) is 0 Å². The molecule has 2 atom stereocenters. The SMILES string of the molecule is CCC1(CNS(=O)(=O)C2CCCC2C(=O)OC)CCCC1. The molecule has 122 valence electrons. The highest BCUT2D eigenvalue weighted by Crippen LogP contribution is 2.41. The normalized spacial score (nSPS) is 28.7. The van der Waals surface area contributed by atoms with Crippen LogP contribution in [0.15, 0.2) is 0 Å². The maximum atomic E-state index is 12.6. The number of esters is 1. The summed E-state index contributed by atoms with van der Waals surface area (Å²) in [5, 5.41) is -0.625. The van der Waals surface area contributed by atoms with E-state index < -0.39 is 27.2 Å². The van der Waals surface area contributed by atoms with E-state index in [1.165, 1.54) is 20.0 Å². The number of methoxy groups -OCH3 is 1. The zero-order valence-electron chi connectivity index (χ0n) is 13.1. The molecule has 0 spiro atoms. The second kappa shape index (κ2) is 6.65. The van der Waals surface area contributed by atoms with E-state index in [-0.39, 0.29) is 5.41 Å². The zero-order chi connectivity index (χ0) is 15.5. The van der Waals surface area contributed by atoms with Crippen molar-refractivity contribution in [3.8, 4) is 0 Å². The lowest BCUT2D eigenvalue weighted by Crippen LogP contribution is -2.43. The molecule has 0 aliphatic heterocycles. The van der Waals surface area contributed by atoms with Crippen molar-refractivity contribution in [2.45, 2.75) is 63.5 Å². The molecule has 0 bridgehead atoms. The predicted octanol–water partition coefficient (Wildman–Crippen LogP) is 2.22. The van der Waals surface area contributed by atoms with E-state index >= 15 is 0 Å². The van der Waals surface area contributed by atoms with Crippen molar-refractivity contribution in [2.75, 3.05) is 13.7 Å². The van der Waals surface area contributed by atoms with E-state index in [1.54, 1.807) is 0 Å². The summed E-state index contributed by atoms with van der Waals surface area (Å²) >= 11 is 0. The van der Waals surface area contributed by atoms with Crippen LogP contribution in [0.2, 0.25) is 0 Å². The molecule has 0 radical (unpaired) electrons. The van der Waals surface area contributed by atoms with Crippen molar-refractivity contribution < 1.29 is 17.9 Å². The van der Waals surface area contributed by atoms with Crippen LogP contribution in [0.25, 0.3) is 0 Å². The van der Waals surface area contributed by atoms with Gasteiger partial charge in [0.1, 0.15) is 0 Å². The fourth-order valence-electron chi connectivity index (χ4n) is 3.86. The van der Waals surface area contributed by atoms with Gasteiger partial charge < -0.3 is 4.74 Å². The van der Waals surface area contributed by atoms with Crippen molar-refractivity contribution in [3.05, 3.63) is 0 Å². The summed E-state index contributed by atoms with van der Waals surface area (Å²) in [4.78, 5) is 11.7. The number of rotatable bonds is 6. The van der Waals surface area contributed by atoms with E-state index in [0.29, 0.717) is 19.4 Å². The third kappa shape index (κ3) is 3.59.